The highest BCUT2D eigenvalue weighted by atomic mass is 32.1. The molecule has 0 heterocycles. The third-order valence-corrected chi connectivity index (χ3v) is 4.01. The van der Waals surface area contributed by atoms with Gasteiger partial charge >= 0.3 is 0 Å². The Kier molecular flexibility index (Phi) is 5.36. The maximum atomic E-state index is 5.77. The molecule has 0 aliphatic carbocycles. The molecule has 0 radical (unpaired) electrons. The van der Waals surface area contributed by atoms with Crippen molar-refractivity contribution in [2.24, 2.45) is 5.73 Å². The van der Waals surface area contributed by atoms with Crippen molar-refractivity contribution in [3.63, 3.8) is 0 Å². The van der Waals surface area contributed by atoms with E-state index in [4.69, 9.17) is 32.2 Å². The summed E-state index contributed by atoms with van der Waals surface area (Å²) in [5, 5.41) is 2.33. The van der Waals surface area contributed by atoms with Gasteiger partial charge in [0.1, 0.15) is 24.0 Å². The third-order valence-electron chi connectivity index (χ3n) is 3.78. The zero-order valence-corrected chi connectivity index (χ0v) is 14.7. The molecule has 2 N–H and O–H groups in total. The number of fused-ring (bicyclic) bond motifs is 1. The van der Waals surface area contributed by atoms with Gasteiger partial charge < -0.3 is 19.9 Å². The van der Waals surface area contributed by atoms with E-state index in [-0.39, 0.29) is 0 Å². The van der Waals surface area contributed by atoms with E-state index < -0.39 is 0 Å². The van der Waals surface area contributed by atoms with Gasteiger partial charge in [-0.3, -0.25) is 0 Å². The fourth-order valence-electron chi connectivity index (χ4n) is 2.51. The van der Waals surface area contributed by atoms with Crippen LogP contribution >= 0.6 is 12.2 Å². The normalized spacial score (nSPS) is 10.4. The topological polar surface area (TPSA) is 53.7 Å². The third kappa shape index (κ3) is 4.19. The van der Waals surface area contributed by atoms with Gasteiger partial charge in [0.2, 0.25) is 0 Å². The lowest BCUT2D eigenvalue weighted by molar-refractivity contribution is 0.211. The molecule has 0 saturated heterocycles. The van der Waals surface area contributed by atoms with Crippen molar-refractivity contribution in [3.8, 4) is 17.2 Å². The van der Waals surface area contributed by atoms with Crippen LogP contribution in [-0.2, 0) is 0 Å². The minimum Gasteiger partial charge on any atom is -0.493 e. The number of benzene rings is 3. The Bertz CT molecular complexity index is 895. The number of thiocarbonyl (C=S) groups is 1. The summed E-state index contributed by atoms with van der Waals surface area (Å²) in [5.74, 6) is 2.03. The van der Waals surface area contributed by atoms with Gasteiger partial charge in [-0.1, -0.05) is 42.5 Å². The monoisotopic (exact) mass is 353 g/mol. The second-order valence-electron chi connectivity index (χ2n) is 5.44. The Balaban J connectivity index is 1.60. The first-order valence-corrected chi connectivity index (χ1v) is 8.30. The van der Waals surface area contributed by atoms with Crippen molar-refractivity contribution < 1.29 is 14.2 Å². The molecule has 4 nitrogen and oxygen atoms in total. The zero-order valence-electron chi connectivity index (χ0n) is 13.9. The molecule has 0 aromatic heterocycles. The molecule has 3 aromatic carbocycles. The van der Waals surface area contributed by atoms with Crippen molar-refractivity contribution in [2.75, 3.05) is 20.3 Å². The van der Waals surface area contributed by atoms with Crippen LogP contribution in [0, 0.1) is 0 Å². The van der Waals surface area contributed by atoms with Gasteiger partial charge in [0, 0.05) is 5.56 Å². The van der Waals surface area contributed by atoms with Crippen molar-refractivity contribution in [1.82, 2.24) is 0 Å². The second kappa shape index (κ2) is 7.85. The Labute approximate surface area is 152 Å². The molecule has 3 rings (SSSR count). The molecule has 5 heteroatoms. The number of ether oxygens (including phenoxy) is 3. The van der Waals surface area contributed by atoms with Gasteiger partial charge in [-0.2, -0.15) is 0 Å². The lowest BCUT2D eigenvalue weighted by Crippen LogP contribution is -2.12. The molecule has 0 aliphatic heterocycles. The molecule has 0 amide bonds. The Morgan fingerprint density at radius 2 is 1.64 bits per heavy atom. The van der Waals surface area contributed by atoms with E-state index in [2.05, 4.69) is 12.1 Å². The maximum Gasteiger partial charge on any atom is 0.162 e. The number of rotatable bonds is 7. The highest BCUT2D eigenvalue weighted by Crippen LogP contribution is 2.28. The smallest absolute Gasteiger partial charge is 0.162 e. The minimum atomic E-state index is 0.319. The summed E-state index contributed by atoms with van der Waals surface area (Å²) in [4.78, 5) is 0.319. The fraction of sp³-hybridized carbons (Fsp3) is 0.150. The minimum absolute atomic E-state index is 0.319. The van der Waals surface area contributed by atoms with Gasteiger partial charge in [0.25, 0.3) is 0 Å². The van der Waals surface area contributed by atoms with E-state index in [9.17, 15) is 0 Å². The number of hydrogen-bond acceptors (Lipinski definition) is 4. The molecule has 0 saturated carbocycles. The van der Waals surface area contributed by atoms with E-state index in [0.29, 0.717) is 29.7 Å². The molecule has 0 aliphatic rings. The van der Waals surface area contributed by atoms with E-state index in [1.165, 1.54) is 5.39 Å². The van der Waals surface area contributed by atoms with E-state index in [1.807, 2.05) is 30.3 Å². The lowest BCUT2D eigenvalue weighted by atomic mass is 10.1. The van der Waals surface area contributed by atoms with Gasteiger partial charge in [-0.15, -0.1) is 0 Å². The molecule has 0 unspecified atom stereocenters. The van der Waals surface area contributed by atoms with Crippen LogP contribution in [0.15, 0.2) is 60.7 Å². The quantitative estimate of drug-likeness (QED) is 0.515. The van der Waals surface area contributed by atoms with Gasteiger partial charge in [-0.25, -0.2) is 0 Å². The van der Waals surface area contributed by atoms with Crippen LogP contribution in [0.1, 0.15) is 5.56 Å². The average molecular weight is 353 g/mol. The summed E-state index contributed by atoms with van der Waals surface area (Å²) < 4.78 is 16.8. The summed E-state index contributed by atoms with van der Waals surface area (Å²) in [6, 6.07) is 19.5. The SMILES string of the molecule is COc1ccc(C(N)=S)cc1OCCOc1ccc2ccccc2c1. The summed E-state index contributed by atoms with van der Waals surface area (Å²) in [5.41, 5.74) is 6.40. The van der Waals surface area contributed by atoms with Crippen LogP contribution in [0.3, 0.4) is 0 Å². The molecule has 0 fully saturated rings. The van der Waals surface area contributed by atoms with Gasteiger partial charge in [-0.05, 0) is 41.1 Å². The molecule has 0 atom stereocenters. The Morgan fingerprint density at radius 3 is 2.40 bits per heavy atom. The lowest BCUT2D eigenvalue weighted by Gasteiger charge is -2.13. The Morgan fingerprint density at radius 1 is 0.880 bits per heavy atom. The van der Waals surface area contributed by atoms with Crippen LogP contribution in [0.5, 0.6) is 17.2 Å². The first-order chi connectivity index (χ1) is 12.2. The average Bonchev–Trinajstić information content (AvgIpc) is 2.64. The molecular weight excluding hydrogens is 334 g/mol. The fourth-order valence-corrected chi connectivity index (χ4v) is 2.64. The number of hydrogen-bond donors (Lipinski definition) is 1. The van der Waals surface area contributed by atoms with Crippen LogP contribution in [0.25, 0.3) is 10.8 Å². The van der Waals surface area contributed by atoms with Gasteiger partial charge in [0.15, 0.2) is 11.5 Å². The first-order valence-electron chi connectivity index (χ1n) is 7.89. The summed E-state index contributed by atoms with van der Waals surface area (Å²) >= 11 is 5.00. The first kappa shape index (κ1) is 17.0. The van der Waals surface area contributed by atoms with E-state index in [1.54, 1.807) is 25.3 Å². The number of methoxy groups -OCH3 is 1. The zero-order chi connectivity index (χ0) is 17.6. The molecular formula is C20H19NO3S. The highest BCUT2D eigenvalue weighted by molar-refractivity contribution is 7.80. The molecule has 0 bridgehead atoms. The Hall–Kier alpha value is -2.79. The van der Waals surface area contributed by atoms with Crippen molar-refractivity contribution in [3.05, 3.63) is 66.2 Å². The van der Waals surface area contributed by atoms with Crippen molar-refractivity contribution in [2.45, 2.75) is 0 Å². The predicted octanol–water partition coefficient (Wildman–Crippen LogP) is 3.94. The number of nitrogens with two attached hydrogens (primary N) is 1. The van der Waals surface area contributed by atoms with Gasteiger partial charge in [0.05, 0.1) is 7.11 Å². The molecule has 3 aromatic rings. The largest absolute Gasteiger partial charge is 0.493 e. The van der Waals surface area contributed by atoms with Crippen LogP contribution < -0.4 is 19.9 Å². The highest BCUT2D eigenvalue weighted by Gasteiger charge is 2.07. The van der Waals surface area contributed by atoms with Crippen LogP contribution in [0.2, 0.25) is 0 Å². The molecule has 128 valence electrons. The van der Waals surface area contributed by atoms with E-state index in [0.717, 1.165) is 16.7 Å². The molecule has 25 heavy (non-hydrogen) atoms. The van der Waals surface area contributed by atoms with Crippen LogP contribution in [-0.4, -0.2) is 25.3 Å². The van der Waals surface area contributed by atoms with Crippen molar-refractivity contribution >= 4 is 28.0 Å². The van der Waals surface area contributed by atoms with Crippen molar-refractivity contribution in [1.29, 1.82) is 0 Å². The molecule has 0 spiro atoms. The summed E-state index contributed by atoms with van der Waals surface area (Å²) in [6.07, 6.45) is 0. The summed E-state index contributed by atoms with van der Waals surface area (Å²) in [6.45, 7) is 0.794. The summed E-state index contributed by atoms with van der Waals surface area (Å²) in [7, 11) is 1.59. The van der Waals surface area contributed by atoms with Crippen LogP contribution in [0.4, 0.5) is 0 Å². The second-order valence-corrected chi connectivity index (χ2v) is 5.88. The standard InChI is InChI=1S/C20H19NO3S/c1-22-18-9-7-16(20(21)25)13-19(18)24-11-10-23-17-8-6-14-4-2-3-5-15(14)12-17/h2-9,12-13H,10-11H2,1H3,(H2,21,25). The predicted molar refractivity (Wildman–Crippen MR) is 104 cm³/mol. The maximum absolute atomic E-state index is 5.77. The van der Waals surface area contributed by atoms with E-state index >= 15 is 0 Å².